The minimum Gasteiger partial charge on any atom is -0.358 e. The quantitative estimate of drug-likeness (QED) is 0.879. The molecule has 1 saturated heterocycles. The first-order valence-electron chi connectivity index (χ1n) is 7.18. The molecule has 2 fully saturated rings. The number of aromatic nitrogens is 1. The van der Waals surface area contributed by atoms with Crippen LogP contribution in [0, 0.1) is 5.92 Å². The van der Waals surface area contributed by atoms with Crippen molar-refractivity contribution in [1.29, 1.82) is 0 Å². The SMILES string of the molecule is O=C(C1CC1)N1CCC(c2cc3ccccc3[nH]2)C1. The molecular weight excluding hydrogens is 236 g/mol. The number of hydrogen-bond acceptors (Lipinski definition) is 1. The van der Waals surface area contributed by atoms with E-state index in [1.54, 1.807) is 0 Å². The maximum absolute atomic E-state index is 12.1. The summed E-state index contributed by atoms with van der Waals surface area (Å²) < 4.78 is 0. The van der Waals surface area contributed by atoms with E-state index in [4.69, 9.17) is 0 Å². The number of carbonyl (C=O) groups excluding carboxylic acids is 1. The predicted octanol–water partition coefficient (Wildman–Crippen LogP) is 2.89. The second-order valence-electron chi connectivity index (χ2n) is 5.86. The minimum absolute atomic E-state index is 0.349. The molecule has 19 heavy (non-hydrogen) atoms. The van der Waals surface area contributed by atoms with Gasteiger partial charge in [-0.2, -0.15) is 0 Å². The third kappa shape index (κ3) is 1.93. The van der Waals surface area contributed by atoms with Crippen molar-refractivity contribution < 1.29 is 4.79 Å². The van der Waals surface area contributed by atoms with Crippen molar-refractivity contribution in [3.05, 3.63) is 36.0 Å². The molecule has 1 saturated carbocycles. The van der Waals surface area contributed by atoms with Gasteiger partial charge in [0.25, 0.3) is 0 Å². The smallest absolute Gasteiger partial charge is 0.225 e. The van der Waals surface area contributed by atoms with Gasteiger partial charge >= 0.3 is 0 Å². The number of benzene rings is 1. The Bertz CT molecular complexity index is 593. The van der Waals surface area contributed by atoms with Crippen LogP contribution in [0.25, 0.3) is 10.9 Å². The van der Waals surface area contributed by atoms with Gasteiger partial charge in [-0.3, -0.25) is 4.79 Å². The topological polar surface area (TPSA) is 36.1 Å². The van der Waals surface area contributed by atoms with Gasteiger partial charge in [0, 0.05) is 36.1 Å². The molecule has 0 bridgehead atoms. The lowest BCUT2D eigenvalue weighted by molar-refractivity contribution is -0.131. The van der Waals surface area contributed by atoms with Crippen molar-refractivity contribution in [3.8, 4) is 0 Å². The summed E-state index contributed by atoms with van der Waals surface area (Å²) in [5.74, 6) is 1.22. The third-order valence-corrected chi connectivity index (χ3v) is 4.42. The van der Waals surface area contributed by atoms with Crippen LogP contribution >= 0.6 is 0 Å². The van der Waals surface area contributed by atoms with Crippen LogP contribution in [0.1, 0.15) is 30.9 Å². The summed E-state index contributed by atoms with van der Waals surface area (Å²) >= 11 is 0. The van der Waals surface area contributed by atoms with Gasteiger partial charge in [0.05, 0.1) is 0 Å². The van der Waals surface area contributed by atoms with Crippen molar-refractivity contribution in [2.45, 2.75) is 25.2 Å². The molecule has 1 atom stereocenters. The Labute approximate surface area is 112 Å². The van der Waals surface area contributed by atoms with Gasteiger partial charge in [-0.25, -0.2) is 0 Å². The molecule has 1 N–H and O–H groups in total. The second kappa shape index (κ2) is 4.12. The van der Waals surface area contributed by atoms with Gasteiger partial charge in [0.15, 0.2) is 0 Å². The zero-order chi connectivity index (χ0) is 12.8. The van der Waals surface area contributed by atoms with E-state index in [0.29, 0.717) is 17.7 Å². The summed E-state index contributed by atoms with van der Waals surface area (Å²) in [6, 6.07) is 10.6. The number of fused-ring (bicyclic) bond motifs is 1. The van der Waals surface area contributed by atoms with Crippen LogP contribution in [0.2, 0.25) is 0 Å². The largest absolute Gasteiger partial charge is 0.358 e. The standard InChI is InChI=1S/C16H18N2O/c19-16(11-5-6-11)18-8-7-13(10-18)15-9-12-3-1-2-4-14(12)17-15/h1-4,9,11,13,17H,5-8,10H2. The Morgan fingerprint density at radius 1 is 1.21 bits per heavy atom. The molecule has 1 aromatic heterocycles. The van der Waals surface area contributed by atoms with Gasteiger partial charge in [-0.1, -0.05) is 18.2 Å². The maximum Gasteiger partial charge on any atom is 0.225 e. The molecule has 2 aromatic rings. The zero-order valence-electron chi connectivity index (χ0n) is 10.9. The Hall–Kier alpha value is -1.77. The Morgan fingerprint density at radius 3 is 2.84 bits per heavy atom. The number of nitrogens with one attached hydrogen (secondary N) is 1. The molecule has 1 aliphatic carbocycles. The first-order chi connectivity index (χ1) is 9.31. The molecule has 1 unspecified atom stereocenters. The summed E-state index contributed by atoms with van der Waals surface area (Å²) in [4.78, 5) is 17.6. The fourth-order valence-corrected chi connectivity index (χ4v) is 3.12. The molecule has 98 valence electrons. The van der Waals surface area contributed by atoms with Gasteiger partial charge in [-0.15, -0.1) is 0 Å². The van der Waals surface area contributed by atoms with Crippen LogP contribution in [0.15, 0.2) is 30.3 Å². The lowest BCUT2D eigenvalue weighted by Gasteiger charge is -2.15. The average molecular weight is 254 g/mol. The molecule has 2 heterocycles. The molecule has 1 amide bonds. The van der Waals surface area contributed by atoms with E-state index >= 15 is 0 Å². The summed E-state index contributed by atoms with van der Waals surface area (Å²) in [6.07, 6.45) is 3.30. The van der Waals surface area contributed by atoms with E-state index in [1.165, 1.54) is 16.6 Å². The molecule has 1 aromatic carbocycles. The zero-order valence-corrected chi connectivity index (χ0v) is 10.9. The summed E-state index contributed by atoms with van der Waals surface area (Å²) in [6.45, 7) is 1.82. The number of para-hydroxylation sites is 1. The van der Waals surface area contributed by atoms with Gasteiger partial charge in [-0.05, 0) is 36.8 Å². The highest BCUT2D eigenvalue weighted by Gasteiger charge is 2.37. The summed E-state index contributed by atoms with van der Waals surface area (Å²) in [5, 5.41) is 1.27. The highest BCUT2D eigenvalue weighted by molar-refractivity contribution is 5.82. The molecule has 2 aliphatic rings. The molecular formula is C16H18N2O. The van der Waals surface area contributed by atoms with Crippen molar-refractivity contribution in [1.82, 2.24) is 9.88 Å². The predicted molar refractivity (Wildman–Crippen MR) is 75.0 cm³/mol. The van der Waals surface area contributed by atoms with E-state index in [-0.39, 0.29) is 0 Å². The average Bonchev–Trinajstić information content (AvgIpc) is 3.01. The van der Waals surface area contributed by atoms with Crippen LogP contribution in [-0.2, 0) is 4.79 Å². The number of aromatic amines is 1. The molecule has 4 rings (SSSR count). The summed E-state index contributed by atoms with van der Waals surface area (Å²) in [7, 11) is 0. The minimum atomic E-state index is 0.349. The van der Waals surface area contributed by atoms with E-state index < -0.39 is 0 Å². The monoisotopic (exact) mass is 254 g/mol. The molecule has 0 radical (unpaired) electrons. The fraction of sp³-hybridized carbons (Fsp3) is 0.438. The van der Waals surface area contributed by atoms with Crippen LogP contribution in [0.5, 0.6) is 0 Å². The van der Waals surface area contributed by atoms with Crippen LogP contribution in [0.3, 0.4) is 0 Å². The number of carbonyl (C=O) groups is 1. The number of nitrogens with zero attached hydrogens (tertiary/aromatic N) is 1. The van der Waals surface area contributed by atoms with E-state index in [1.807, 2.05) is 0 Å². The fourth-order valence-electron chi connectivity index (χ4n) is 3.12. The van der Waals surface area contributed by atoms with Gasteiger partial charge in [0.2, 0.25) is 5.91 Å². The Balaban J connectivity index is 1.55. The van der Waals surface area contributed by atoms with E-state index in [0.717, 1.165) is 32.4 Å². The Morgan fingerprint density at radius 2 is 2.05 bits per heavy atom. The first kappa shape index (κ1) is 11.1. The summed E-state index contributed by atoms with van der Waals surface area (Å²) in [5.41, 5.74) is 2.48. The number of rotatable bonds is 2. The molecule has 0 spiro atoms. The molecule has 1 aliphatic heterocycles. The van der Waals surface area contributed by atoms with Crippen molar-refractivity contribution in [2.24, 2.45) is 5.92 Å². The van der Waals surface area contributed by atoms with Gasteiger partial charge < -0.3 is 9.88 Å². The first-order valence-corrected chi connectivity index (χ1v) is 7.18. The van der Waals surface area contributed by atoms with E-state index in [2.05, 4.69) is 40.2 Å². The van der Waals surface area contributed by atoms with Crippen molar-refractivity contribution in [2.75, 3.05) is 13.1 Å². The van der Waals surface area contributed by atoms with Crippen LogP contribution in [0.4, 0.5) is 0 Å². The third-order valence-electron chi connectivity index (χ3n) is 4.42. The highest BCUT2D eigenvalue weighted by atomic mass is 16.2. The van der Waals surface area contributed by atoms with Crippen LogP contribution < -0.4 is 0 Å². The van der Waals surface area contributed by atoms with E-state index in [9.17, 15) is 4.79 Å². The highest BCUT2D eigenvalue weighted by Crippen LogP contribution is 2.35. The lowest BCUT2D eigenvalue weighted by atomic mass is 10.1. The normalized spacial score (nSPS) is 23.2. The Kier molecular flexibility index (Phi) is 2.40. The second-order valence-corrected chi connectivity index (χ2v) is 5.86. The number of hydrogen-bond donors (Lipinski definition) is 1. The molecule has 3 heteroatoms. The number of H-pyrrole nitrogens is 1. The van der Waals surface area contributed by atoms with Crippen molar-refractivity contribution >= 4 is 16.8 Å². The number of likely N-dealkylation sites (tertiary alicyclic amines) is 1. The lowest BCUT2D eigenvalue weighted by Crippen LogP contribution is -2.29. The maximum atomic E-state index is 12.1. The number of amides is 1. The molecule has 3 nitrogen and oxygen atoms in total. The van der Waals surface area contributed by atoms with Crippen LogP contribution in [-0.4, -0.2) is 28.9 Å². The van der Waals surface area contributed by atoms with Crippen molar-refractivity contribution in [3.63, 3.8) is 0 Å². The van der Waals surface area contributed by atoms with Gasteiger partial charge in [0.1, 0.15) is 0 Å².